The minimum absolute atomic E-state index is 0.910. The Bertz CT molecular complexity index is 344. The van der Waals surface area contributed by atoms with Gasteiger partial charge in [0.25, 0.3) is 0 Å². The van der Waals surface area contributed by atoms with Crippen molar-refractivity contribution in [1.82, 2.24) is 0 Å². The zero-order chi connectivity index (χ0) is 16.1. The van der Waals surface area contributed by atoms with Crippen molar-refractivity contribution in [3.05, 3.63) is 12.2 Å². The normalized spacial score (nSPS) is 42.9. The van der Waals surface area contributed by atoms with Crippen LogP contribution in [0.5, 0.6) is 0 Å². The van der Waals surface area contributed by atoms with Crippen molar-refractivity contribution in [1.29, 1.82) is 0 Å². The quantitative estimate of drug-likeness (QED) is 0.474. The smallest absolute Gasteiger partial charge is 0.0233 e. The van der Waals surface area contributed by atoms with Gasteiger partial charge in [0.15, 0.2) is 0 Å². The van der Waals surface area contributed by atoms with Crippen molar-refractivity contribution in [3.8, 4) is 0 Å². The molecule has 3 rings (SSSR count). The van der Waals surface area contributed by atoms with Crippen LogP contribution in [-0.4, -0.2) is 0 Å². The highest BCUT2D eigenvalue weighted by Crippen LogP contribution is 2.42. The van der Waals surface area contributed by atoms with Gasteiger partial charge < -0.3 is 0 Å². The maximum atomic E-state index is 2.63. The maximum Gasteiger partial charge on any atom is -0.0233 e. The van der Waals surface area contributed by atoms with Crippen LogP contribution in [0.4, 0.5) is 0 Å². The molecule has 0 radical (unpaired) electrons. The molecule has 0 amide bonds. The lowest BCUT2D eigenvalue weighted by Gasteiger charge is -2.37. The molecule has 132 valence electrons. The van der Waals surface area contributed by atoms with Crippen LogP contribution in [0.3, 0.4) is 0 Å². The highest BCUT2D eigenvalue weighted by Gasteiger charge is 2.30. The average Bonchev–Trinajstić information content (AvgIpc) is 2.62. The van der Waals surface area contributed by atoms with Gasteiger partial charge in [0.05, 0.1) is 0 Å². The molecule has 0 heterocycles. The van der Waals surface area contributed by atoms with E-state index in [1.54, 1.807) is 12.8 Å². The summed E-state index contributed by atoms with van der Waals surface area (Å²) in [4.78, 5) is 0. The van der Waals surface area contributed by atoms with E-state index in [9.17, 15) is 0 Å². The van der Waals surface area contributed by atoms with Crippen molar-refractivity contribution >= 4 is 0 Å². The first kappa shape index (κ1) is 17.6. The third-order valence-corrected chi connectivity index (χ3v) is 7.67. The number of allylic oxidation sites excluding steroid dienone is 2. The minimum atomic E-state index is 0.910. The van der Waals surface area contributed by atoms with Crippen LogP contribution in [0.1, 0.15) is 97.3 Å². The van der Waals surface area contributed by atoms with Crippen molar-refractivity contribution in [3.63, 3.8) is 0 Å². The highest BCUT2D eigenvalue weighted by atomic mass is 14.4. The van der Waals surface area contributed by atoms with Crippen LogP contribution in [0, 0.1) is 35.5 Å². The lowest BCUT2D eigenvalue weighted by atomic mass is 9.69. The molecule has 0 spiro atoms. The van der Waals surface area contributed by atoms with E-state index in [-0.39, 0.29) is 0 Å². The van der Waals surface area contributed by atoms with Crippen molar-refractivity contribution < 1.29 is 0 Å². The summed E-state index contributed by atoms with van der Waals surface area (Å²) < 4.78 is 0. The van der Waals surface area contributed by atoms with Crippen LogP contribution in [0.2, 0.25) is 0 Å². The van der Waals surface area contributed by atoms with Gasteiger partial charge in [-0.2, -0.15) is 0 Å². The summed E-state index contributed by atoms with van der Waals surface area (Å²) in [6, 6.07) is 0. The van der Waals surface area contributed by atoms with Crippen LogP contribution in [0.15, 0.2) is 12.2 Å². The second-order valence-electron chi connectivity index (χ2n) is 9.27. The van der Waals surface area contributed by atoms with Crippen molar-refractivity contribution in [2.24, 2.45) is 35.5 Å². The molecule has 3 fully saturated rings. The molecule has 0 N–H and O–H groups in total. The molecule has 0 nitrogen and oxygen atoms in total. The van der Waals surface area contributed by atoms with Crippen molar-refractivity contribution in [2.45, 2.75) is 97.3 Å². The van der Waals surface area contributed by atoms with Gasteiger partial charge in [0.1, 0.15) is 0 Å². The first-order valence-electron chi connectivity index (χ1n) is 10.9. The molecule has 0 saturated heterocycles. The molecule has 3 aliphatic rings. The van der Waals surface area contributed by atoms with E-state index in [4.69, 9.17) is 0 Å². The minimum Gasteiger partial charge on any atom is -0.0851 e. The highest BCUT2D eigenvalue weighted by molar-refractivity contribution is 4.96. The van der Waals surface area contributed by atoms with Gasteiger partial charge in [-0.1, -0.05) is 58.1 Å². The summed E-state index contributed by atoms with van der Waals surface area (Å²) in [5.41, 5.74) is 0. The second-order valence-corrected chi connectivity index (χ2v) is 9.27. The van der Waals surface area contributed by atoms with E-state index in [2.05, 4.69) is 26.0 Å². The molecule has 0 atom stereocenters. The molecule has 0 bridgehead atoms. The summed E-state index contributed by atoms with van der Waals surface area (Å²) >= 11 is 0. The third kappa shape index (κ3) is 5.10. The summed E-state index contributed by atoms with van der Waals surface area (Å²) in [5.74, 6) is 6.03. The molecule has 0 aromatic carbocycles. The van der Waals surface area contributed by atoms with Gasteiger partial charge in [0, 0.05) is 0 Å². The van der Waals surface area contributed by atoms with Gasteiger partial charge in [-0.15, -0.1) is 0 Å². The van der Waals surface area contributed by atoms with Gasteiger partial charge in [-0.25, -0.2) is 0 Å². The summed E-state index contributed by atoms with van der Waals surface area (Å²) in [7, 11) is 0. The molecule has 0 aromatic rings. The van der Waals surface area contributed by atoms with Crippen LogP contribution < -0.4 is 0 Å². The molecule has 3 saturated carbocycles. The van der Waals surface area contributed by atoms with E-state index in [0.29, 0.717) is 0 Å². The summed E-state index contributed by atoms with van der Waals surface area (Å²) in [6.45, 7) is 4.81. The Morgan fingerprint density at radius 2 is 1.04 bits per heavy atom. The Morgan fingerprint density at radius 3 is 1.52 bits per heavy atom. The maximum absolute atomic E-state index is 2.63. The molecule has 3 aliphatic carbocycles. The fourth-order valence-corrected chi connectivity index (χ4v) is 5.67. The predicted octanol–water partition coefficient (Wildman–Crippen LogP) is 7.39. The molecular formula is C23H40. The van der Waals surface area contributed by atoms with Crippen LogP contribution in [-0.2, 0) is 0 Å². The van der Waals surface area contributed by atoms with Gasteiger partial charge >= 0.3 is 0 Å². The Labute approximate surface area is 145 Å². The SMILES string of the molecule is CCC1CCC(C2CCC(/C=C/C3CCC(C)CC3)CC2)CC1. The largest absolute Gasteiger partial charge is 0.0851 e. The van der Waals surface area contributed by atoms with Gasteiger partial charge in [0.2, 0.25) is 0 Å². The number of hydrogen-bond donors (Lipinski definition) is 0. The van der Waals surface area contributed by atoms with Gasteiger partial charge in [-0.3, -0.25) is 0 Å². The van der Waals surface area contributed by atoms with Crippen molar-refractivity contribution in [2.75, 3.05) is 0 Å². The zero-order valence-corrected chi connectivity index (χ0v) is 15.8. The number of rotatable bonds is 4. The van der Waals surface area contributed by atoms with E-state index < -0.39 is 0 Å². The fraction of sp³-hybridized carbons (Fsp3) is 0.913. The van der Waals surface area contributed by atoms with Gasteiger partial charge in [-0.05, 0) is 86.9 Å². The Hall–Kier alpha value is -0.260. The predicted molar refractivity (Wildman–Crippen MR) is 101 cm³/mol. The van der Waals surface area contributed by atoms with E-state index in [1.165, 1.54) is 70.6 Å². The molecule has 0 aliphatic heterocycles. The molecule has 0 unspecified atom stereocenters. The Morgan fingerprint density at radius 1 is 0.609 bits per heavy atom. The number of hydrogen-bond acceptors (Lipinski definition) is 0. The topological polar surface area (TPSA) is 0 Å². The molecule has 0 aromatic heterocycles. The molecule has 23 heavy (non-hydrogen) atoms. The fourth-order valence-electron chi connectivity index (χ4n) is 5.67. The zero-order valence-electron chi connectivity index (χ0n) is 15.8. The Balaban J connectivity index is 1.37. The average molecular weight is 317 g/mol. The summed E-state index contributed by atoms with van der Waals surface area (Å²) in [5, 5.41) is 0. The second kappa shape index (κ2) is 8.72. The first-order chi connectivity index (χ1) is 11.2. The van der Waals surface area contributed by atoms with E-state index in [1.807, 2.05) is 0 Å². The molecule has 0 heteroatoms. The lowest BCUT2D eigenvalue weighted by Crippen LogP contribution is -2.25. The van der Waals surface area contributed by atoms with E-state index in [0.717, 1.165) is 35.5 Å². The molecular weight excluding hydrogens is 276 g/mol. The van der Waals surface area contributed by atoms with E-state index >= 15 is 0 Å². The van der Waals surface area contributed by atoms with Crippen LogP contribution in [0.25, 0.3) is 0 Å². The first-order valence-corrected chi connectivity index (χ1v) is 10.9. The third-order valence-electron chi connectivity index (χ3n) is 7.67. The summed E-state index contributed by atoms with van der Waals surface area (Å²) in [6.07, 6.45) is 24.7. The Kier molecular flexibility index (Phi) is 6.66. The standard InChI is InChI=1S/C23H40/c1-3-19-10-14-22(15-11-19)23-16-12-21(13-17-23)9-8-20-6-4-18(2)5-7-20/h8-9,18-23H,3-7,10-17H2,1-2H3/b9-8+. The van der Waals surface area contributed by atoms with Crippen LogP contribution >= 0.6 is 0 Å². The monoisotopic (exact) mass is 316 g/mol. The lowest BCUT2D eigenvalue weighted by molar-refractivity contribution is 0.154.